The summed E-state index contributed by atoms with van der Waals surface area (Å²) in [6, 6.07) is 9.94. The highest BCUT2D eigenvalue weighted by molar-refractivity contribution is 5.98. The van der Waals surface area contributed by atoms with Crippen LogP contribution in [0.15, 0.2) is 47.2 Å². The molecule has 1 aliphatic carbocycles. The van der Waals surface area contributed by atoms with Crippen LogP contribution in [-0.4, -0.2) is 15.8 Å². The molecule has 126 valence electrons. The molecule has 0 saturated carbocycles. The van der Waals surface area contributed by atoms with Crippen LogP contribution in [0.2, 0.25) is 0 Å². The van der Waals surface area contributed by atoms with E-state index in [0.717, 1.165) is 22.7 Å². The number of ketones is 1. The van der Waals surface area contributed by atoms with Gasteiger partial charge in [-0.25, -0.2) is 9.97 Å². The lowest BCUT2D eigenvalue weighted by molar-refractivity contribution is 0.0958. The van der Waals surface area contributed by atoms with Gasteiger partial charge >= 0.3 is 0 Å². The standard InChI is InChI=1S/C20H19N3O2/c1-12-5-6-16(13(2)8-12)22-20-21-11-15-17(23-20)9-14(10-18(15)24)19-4-3-7-25-19/h3-8,11,14H,9-10H2,1-2H3,(H,21,22,23)/t14-/m0/s1. The van der Waals surface area contributed by atoms with Crippen molar-refractivity contribution in [2.24, 2.45) is 0 Å². The Morgan fingerprint density at radius 1 is 1.20 bits per heavy atom. The molecule has 2 heterocycles. The van der Waals surface area contributed by atoms with Crippen LogP contribution in [0.25, 0.3) is 0 Å². The molecule has 0 aliphatic heterocycles. The largest absolute Gasteiger partial charge is 0.469 e. The van der Waals surface area contributed by atoms with Crippen LogP contribution in [-0.2, 0) is 6.42 Å². The highest BCUT2D eigenvalue weighted by Crippen LogP contribution is 2.32. The van der Waals surface area contributed by atoms with Crippen molar-refractivity contribution in [3.05, 3.63) is 70.9 Å². The van der Waals surface area contributed by atoms with Crippen LogP contribution in [0.1, 0.15) is 45.3 Å². The van der Waals surface area contributed by atoms with Crippen LogP contribution < -0.4 is 5.32 Å². The van der Waals surface area contributed by atoms with Gasteiger partial charge in [-0.2, -0.15) is 0 Å². The number of fused-ring (bicyclic) bond motifs is 1. The van der Waals surface area contributed by atoms with Gasteiger partial charge in [-0.1, -0.05) is 17.7 Å². The van der Waals surface area contributed by atoms with Gasteiger partial charge in [0.15, 0.2) is 5.78 Å². The molecule has 5 heteroatoms. The molecule has 1 aromatic carbocycles. The molecular formula is C20H19N3O2. The molecule has 0 spiro atoms. The number of carbonyl (C=O) groups is 1. The van der Waals surface area contributed by atoms with Gasteiger partial charge in [0.1, 0.15) is 5.76 Å². The number of aromatic nitrogens is 2. The van der Waals surface area contributed by atoms with Crippen LogP contribution in [0, 0.1) is 13.8 Å². The summed E-state index contributed by atoms with van der Waals surface area (Å²) in [7, 11) is 0. The van der Waals surface area contributed by atoms with Crippen molar-refractivity contribution < 1.29 is 9.21 Å². The van der Waals surface area contributed by atoms with Gasteiger partial charge in [0.05, 0.1) is 17.5 Å². The van der Waals surface area contributed by atoms with E-state index in [1.165, 1.54) is 5.56 Å². The third-order valence-electron chi connectivity index (χ3n) is 4.61. The minimum absolute atomic E-state index is 0.0406. The minimum atomic E-state index is 0.0406. The Bertz CT molecular complexity index is 932. The van der Waals surface area contributed by atoms with E-state index in [4.69, 9.17) is 4.42 Å². The van der Waals surface area contributed by atoms with Crippen molar-refractivity contribution in [1.82, 2.24) is 9.97 Å². The first kappa shape index (κ1) is 15.6. The van der Waals surface area contributed by atoms with Gasteiger partial charge < -0.3 is 9.73 Å². The number of rotatable bonds is 3. The number of Topliss-reactive ketones (excluding diaryl/α,β-unsaturated/α-hetero) is 1. The van der Waals surface area contributed by atoms with Crippen molar-refractivity contribution in [2.45, 2.75) is 32.6 Å². The zero-order valence-electron chi connectivity index (χ0n) is 14.2. The number of anilines is 2. The lowest BCUT2D eigenvalue weighted by atomic mass is 9.85. The Morgan fingerprint density at radius 2 is 2.08 bits per heavy atom. The van der Waals surface area contributed by atoms with Gasteiger partial charge in [0.25, 0.3) is 0 Å². The highest BCUT2D eigenvalue weighted by Gasteiger charge is 2.29. The summed E-state index contributed by atoms with van der Waals surface area (Å²) in [5.74, 6) is 1.46. The van der Waals surface area contributed by atoms with E-state index in [9.17, 15) is 4.79 Å². The summed E-state index contributed by atoms with van der Waals surface area (Å²) in [6.07, 6.45) is 4.39. The number of furan rings is 1. The van der Waals surface area contributed by atoms with E-state index in [2.05, 4.69) is 28.3 Å². The second-order valence-corrected chi connectivity index (χ2v) is 6.54. The third-order valence-corrected chi connectivity index (χ3v) is 4.61. The van der Waals surface area contributed by atoms with E-state index in [0.29, 0.717) is 24.4 Å². The average molecular weight is 333 g/mol. The van der Waals surface area contributed by atoms with Crippen molar-refractivity contribution in [2.75, 3.05) is 5.32 Å². The maximum atomic E-state index is 12.4. The molecule has 1 aliphatic rings. The molecule has 25 heavy (non-hydrogen) atoms. The molecule has 2 aromatic heterocycles. The summed E-state index contributed by atoms with van der Waals surface area (Å²) in [5.41, 5.74) is 4.70. The Balaban J connectivity index is 1.63. The number of hydrogen-bond acceptors (Lipinski definition) is 5. The molecule has 0 bridgehead atoms. The molecule has 0 saturated heterocycles. The van der Waals surface area contributed by atoms with E-state index in [1.54, 1.807) is 12.5 Å². The summed E-state index contributed by atoms with van der Waals surface area (Å²) in [4.78, 5) is 21.3. The summed E-state index contributed by atoms with van der Waals surface area (Å²) >= 11 is 0. The van der Waals surface area contributed by atoms with Gasteiger partial charge in [-0.3, -0.25) is 4.79 Å². The fraction of sp³-hybridized carbons (Fsp3) is 0.250. The third kappa shape index (κ3) is 3.05. The predicted octanol–water partition coefficient (Wildman–Crippen LogP) is 4.34. The van der Waals surface area contributed by atoms with Crippen molar-refractivity contribution in [1.29, 1.82) is 0 Å². The first-order chi connectivity index (χ1) is 12.1. The molecule has 4 rings (SSSR count). The minimum Gasteiger partial charge on any atom is -0.469 e. The number of hydrogen-bond donors (Lipinski definition) is 1. The number of nitrogens with zero attached hydrogens (tertiary/aromatic N) is 2. The highest BCUT2D eigenvalue weighted by atomic mass is 16.3. The van der Waals surface area contributed by atoms with E-state index in [-0.39, 0.29) is 11.7 Å². The maximum absolute atomic E-state index is 12.4. The quantitative estimate of drug-likeness (QED) is 0.772. The first-order valence-corrected chi connectivity index (χ1v) is 8.37. The fourth-order valence-corrected chi connectivity index (χ4v) is 3.30. The van der Waals surface area contributed by atoms with E-state index >= 15 is 0 Å². The lowest BCUT2D eigenvalue weighted by Gasteiger charge is -2.21. The molecule has 0 radical (unpaired) electrons. The first-order valence-electron chi connectivity index (χ1n) is 8.37. The summed E-state index contributed by atoms with van der Waals surface area (Å²) < 4.78 is 5.48. The van der Waals surface area contributed by atoms with E-state index in [1.807, 2.05) is 31.2 Å². The number of benzene rings is 1. The van der Waals surface area contributed by atoms with Crippen molar-refractivity contribution >= 4 is 17.4 Å². The van der Waals surface area contributed by atoms with Crippen molar-refractivity contribution in [3.8, 4) is 0 Å². The monoisotopic (exact) mass is 333 g/mol. The second-order valence-electron chi connectivity index (χ2n) is 6.54. The molecule has 5 nitrogen and oxygen atoms in total. The zero-order valence-corrected chi connectivity index (χ0v) is 14.2. The van der Waals surface area contributed by atoms with Crippen LogP contribution >= 0.6 is 0 Å². The maximum Gasteiger partial charge on any atom is 0.227 e. The number of nitrogens with one attached hydrogen (secondary N) is 1. The van der Waals surface area contributed by atoms with Gasteiger partial charge in [0.2, 0.25) is 5.95 Å². The Kier molecular flexibility index (Phi) is 3.84. The van der Waals surface area contributed by atoms with E-state index < -0.39 is 0 Å². The number of carbonyl (C=O) groups excluding carboxylic acids is 1. The summed E-state index contributed by atoms with van der Waals surface area (Å²) in [6.45, 7) is 4.11. The van der Waals surface area contributed by atoms with Crippen molar-refractivity contribution in [3.63, 3.8) is 0 Å². The van der Waals surface area contributed by atoms with Gasteiger partial charge in [0, 0.05) is 30.6 Å². The van der Waals surface area contributed by atoms with Gasteiger partial charge in [-0.05, 0) is 37.6 Å². The Hall–Kier alpha value is -2.95. The molecule has 1 atom stereocenters. The number of aryl methyl sites for hydroxylation is 2. The zero-order chi connectivity index (χ0) is 17.4. The van der Waals surface area contributed by atoms with Crippen LogP contribution in [0.5, 0.6) is 0 Å². The SMILES string of the molecule is Cc1ccc(Nc2ncc3c(n2)C[C@H](c2ccco2)CC3=O)c(C)c1. The Labute approximate surface area is 146 Å². The second kappa shape index (κ2) is 6.16. The lowest BCUT2D eigenvalue weighted by Crippen LogP contribution is -2.20. The Morgan fingerprint density at radius 3 is 2.84 bits per heavy atom. The fourth-order valence-electron chi connectivity index (χ4n) is 3.30. The molecular weight excluding hydrogens is 314 g/mol. The van der Waals surface area contributed by atoms with Gasteiger partial charge in [-0.15, -0.1) is 0 Å². The van der Waals surface area contributed by atoms with Crippen LogP contribution in [0.3, 0.4) is 0 Å². The predicted molar refractivity (Wildman–Crippen MR) is 95.3 cm³/mol. The molecule has 1 N–H and O–H groups in total. The molecule has 0 unspecified atom stereocenters. The van der Waals surface area contributed by atoms with Crippen LogP contribution in [0.4, 0.5) is 11.6 Å². The molecule has 3 aromatic rings. The smallest absolute Gasteiger partial charge is 0.227 e. The topological polar surface area (TPSA) is 68.0 Å². The molecule has 0 fully saturated rings. The normalized spacial score (nSPS) is 16.6. The average Bonchev–Trinajstić information content (AvgIpc) is 3.12. The molecule has 0 amide bonds. The summed E-state index contributed by atoms with van der Waals surface area (Å²) in [5, 5.41) is 3.26.